The smallest absolute Gasteiger partial charge is 0.389 e. The van der Waals surface area contributed by atoms with Gasteiger partial charge in [-0.05, 0) is 77.9 Å². The number of halogens is 3. The van der Waals surface area contributed by atoms with Gasteiger partial charge in [0.05, 0.1) is 7.11 Å². The fraction of sp³-hybridized carbons (Fsp3) is 0.357. The van der Waals surface area contributed by atoms with Crippen molar-refractivity contribution in [1.82, 2.24) is 9.88 Å². The van der Waals surface area contributed by atoms with Crippen LogP contribution in [0.25, 0.3) is 11.1 Å². The van der Waals surface area contributed by atoms with Gasteiger partial charge in [-0.3, -0.25) is 0 Å². The Morgan fingerprint density at radius 2 is 1.92 bits per heavy atom. The maximum absolute atomic E-state index is 12.8. The van der Waals surface area contributed by atoms with Crippen LogP contribution in [0.1, 0.15) is 24.0 Å². The first-order valence-electron chi connectivity index (χ1n) is 12.4. The molecule has 0 spiro atoms. The zero-order chi connectivity index (χ0) is 27.4. The van der Waals surface area contributed by atoms with Gasteiger partial charge in [0, 0.05) is 38.8 Å². The highest BCUT2D eigenvalue weighted by Gasteiger charge is 2.36. The molecule has 1 aromatic heterocycles. The number of pyridine rings is 1. The van der Waals surface area contributed by atoms with E-state index in [0.29, 0.717) is 36.8 Å². The maximum Gasteiger partial charge on any atom is 0.389 e. The van der Waals surface area contributed by atoms with E-state index in [1.54, 1.807) is 19.2 Å². The van der Waals surface area contributed by atoms with Gasteiger partial charge < -0.3 is 25.6 Å². The Labute approximate surface area is 220 Å². The van der Waals surface area contributed by atoms with Crippen LogP contribution in [0.5, 0.6) is 5.75 Å². The second-order valence-electron chi connectivity index (χ2n) is 9.72. The fourth-order valence-electron chi connectivity index (χ4n) is 4.70. The van der Waals surface area contributed by atoms with E-state index in [1.165, 1.54) is 4.90 Å². The monoisotopic (exact) mass is 527 g/mol. The molecule has 2 aromatic carbocycles. The number of likely N-dealkylation sites (tertiary alicyclic amines) is 1. The van der Waals surface area contributed by atoms with E-state index in [1.807, 2.05) is 61.3 Å². The standard InChI is InChI=1S/C28H32F3N5O2/c1-18-4-7-22(33-27(37)36-11-10-20(17-36)15-28(29,30)31)14-24(18)21-12-25(32)34-26(13-21)35(2)16-19-5-8-23(38-3)9-6-19/h4-9,12-14,20H,10-11,15-17H2,1-3H3,(H2,32,34)(H,33,37)/t20-/m0/s1. The lowest BCUT2D eigenvalue weighted by atomic mass is 10.00. The number of hydrogen-bond acceptors (Lipinski definition) is 5. The van der Waals surface area contributed by atoms with Crippen molar-refractivity contribution in [1.29, 1.82) is 0 Å². The average molecular weight is 528 g/mol. The maximum atomic E-state index is 12.8. The summed E-state index contributed by atoms with van der Waals surface area (Å²) in [6, 6.07) is 16.6. The van der Waals surface area contributed by atoms with Gasteiger partial charge in [0.1, 0.15) is 17.4 Å². The summed E-state index contributed by atoms with van der Waals surface area (Å²) < 4.78 is 43.4. The summed E-state index contributed by atoms with van der Waals surface area (Å²) in [7, 11) is 3.56. The Bertz CT molecular complexity index is 1280. The molecular weight excluding hydrogens is 495 g/mol. The van der Waals surface area contributed by atoms with E-state index >= 15 is 0 Å². The van der Waals surface area contributed by atoms with Crippen molar-refractivity contribution in [3.8, 4) is 16.9 Å². The number of amides is 2. The first-order valence-corrected chi connectivity index (χ1v) is 12.4. The molecule has 38 heavy (non-hydrogen) atoms. The molecule has 0 unspecified atom stereocenters. The van der Waals surface area contributed by atoms with Crippen molar-refractivity contribution in [2.75, 3.05) is 43.2 Å². The Morgan fingerprint density at radius 3 is 2.61 bits per heavy atom. The number of rotatable bonds is 7. The highest BCUT2D eigenvalue weighted by molar-refractivity contribution is 5.91. The van der Waals surface area contributed by atoms with Crippen molar-refractivity contribution in [2.45, 2.75) is 32.5 Å². The summed E-state index contributed by atoms with van der Waals surface area (Å²) in [6.45, 7) is 2.96. The predicted octanol–water partition coefficient (Wildman–Crippen LogP) is 6.09. The largest absolute Gasteiger partial charge is 0.497 e. The minimum absolute atomic E-state index is 0.0921. The van der Waals surface area contributed by atoms with Gasteiger partial charge in [-0.25, -0.2) is 9.78 Å². The van der Waals surface area contributed by atoms with Crippen molar-refractivity contribution in [2.24, 2.45) is 5.92 Å². The fourth-order valence-corrected chi connectivity index (χ4v) is 4.70. The molecule has 3 aromatic rings. The molecule has 3 N–H and O–H groups in total. The lowest BCUT2D eigenvalue weighted by Gasteiger charge is -2.21. The molecule has 1 aliphatic heterocycles. The summed E-state index contributed by atoms with van der Waals surface area (Å²) in [4.78, 5) is 20.7. The third-order valence-corrected chi connectivity index (χ3v) is 6.69. The van der Waals surface area contributed by atoms with E-state index in [4.69, 9.17) is 10.5 Å². The van der Waals surface area contributed by atoms with Crippen molar-refractivity contribution >= 4 is 23.4 Å². The molecule has 0 radical (unpaired) electrons. The quantitative estimate of drug-likeness (QED) is 0.389. The number of nitrogen functional groups attached to an aromatic ring is 1. The Balaban J connectivity index is 1.49. The molecule has 0 aliphatic carbocycles. The van der Waals surface area contributed by atoms with Gasteiger partial charge in [0.25, 0.3) is 0 Å². The van der Waals surface area contributed by atoms with Crippen molar-refractivity contribution in [3.63, 3.8) is 0 Å². The van der Waals surface area contributed by atoms with Crippen LogP contribution in [0.4, 0.5) is 35.3 Å². The van der Waals surface area contributed by atoms with Crippen LogP contribution in [0, 0.1) is 12.8 Å². The number of aromatic nitrogens is 1. The van der Waals surface area contributed by atoms with Gasteiger partial charge >= 0.3 is 12.2 Å². The van der Waals surface area contributed by atoms with Crippen LogP contribution in [-0.4, -0.2) is 49.3 Å². The molecule has 10 heteroatoms. The molecule has 1 fully saturated rings. The lowest BCUT2D eigenvalue weighted by molar-refractivity contribution is -0.143. The number of anilines is 3. The van der Waals surface area contributed by atoms with Crippen LogP contribution in [-0.2, 0) is 6.54 Å². The van der Waals surface area contributed by atoms with E-state index in [9.17, 15) is 18.0 Å². The molecule has 2 amide bonds. The molecule has 1 saturated heterocycles. The van der Waals surface area contributed by atoms with Crippen LogP contribution < -0.4 is 20.7 Å². The molecule has 0 bridgehead atoms. The van der Waals surface area contributed by atoms with Gasteiger partial charge in [0.2, 0.25) is 0 Å². The first kappa shape index (κ1) is 27.1. The number of carbonyl (C=O) groups excluding carboxylic acids is 1. The molecular formula is C28H32F3N5O2. The number of alkyl halides is 3. The molecule has 1 aliphatic rings. The number of nitrogens with one attached hydrogen (secondary N) is 1. The molecule has 0 saturated carbocycles. The topological polar surface area (TPSA) is 83.7 Å². The second kappa shape index (κ2) is 11.2. The summed E-state index contributed by atoms with van der Waals surface area (Å²) >= 11 is 0. The Hall–Kier alpha value is -3.95. The summed E-state index contributed by atoms with van der Waals surface area (Å²) in [5.41, 5.74) is 10.5. The highest BCUT2D eigenvalue weighted by Crippen LogP contribution is 2.32. The molecule has 4 rings (SSSR count). The number of urea groups is 1. The van der Waals surface area contributed by atoms with Gasteiger partial charge in [0.15, 0.2) is 0 Å². The van der Waals surface area contributed by atoms with Crippen LogP contribution in [0.2, 0.25) is 0 Å². The number of aryl methyl sites for hydroxylation is 1. The number of methoxy groups -OCH3 is 1. The summed E-state index contributed by atoms with van der Waals surface area (Å²) in [6.07, 6.45) is -4.75. The number of carbonyl (C=O) groups is 1. The lowest BCUT2D eigenvalue weighted by Crippen LogP contribution is -2.33. The summed E-state index contributed by atoms with van der Waals surface area (Å²) in [5.74, 6) is 1.27. The molecule has 7 nitrogen and oxygen atoms in total. The van der Waals surface area contributed by atoms with E-state index in [2.05, 4.69) is 10.3 Å². The normalized spacial score (nSPS) is 15.4. The molecule has 202 valence electrons. The minimum atomic E-state index is -4.23. The predicted molar refractivity (Wildman–Crippen MR) is 143 cm³/mol. The van der Waals surface area contributed by atoms with Crippen LogP contribution in [0.15, 0.2) is 54.6 Å². The van der Waals surface area contributed by atoms with Crippen LogP contribution in [0.3, 0.4) is 0 Å². The highest BCUT2D eigenvalue weighted by atomic mass is 19.4. The molecule has 1 atom stereocenters. The third-order valence-electron chi connectivity index (χ3n) is 6.69. The minimum Gasteiger partial charge on any atom is -0.497 e. The number of ether oxygens (including phenoxy) is 1. The third kappa shape index (κ3) is 6.87. The number of hydrogen-bond donors (Lipinski definition) is 2. The SMILES string of the molecule is COc1ccc(CN(C)c2cc(-c3cc(NC(=O)N4CC[C@@H](CC(F)(F)F)C4)ccc3C)cc(N)n2)cc1. The average Bonchev–Trinajstić information content (AvgIpc) is 3.32. The Kier molecular flexibility index (Phi) is 7.99. The zero-order valence-corrected chi connectivity index (χ0v) is 21.7. The van der Waals surface area contributed by atoms with Gasteiger partial charge in [-0.15, -0.1) is 0 Å². The Morgan fingerprint density at radius 1 is 1.18 bits per heavy atom. The number of benzene rings is 2. The van der Waals surface area contributed by atoms with Gasteiger partial charge in [-0.2, -0.15) is 13.2 Å². The second-order valence-corrected chi connectivity index (χ2v) is 9.72. The van der Waals surface area contributed by atoms with Crippen LogP contribution >= 0.6 is 0 Å². The first-order chi connectivity index (χ1) is 18.0. The van der Waals surface area contributed by atoms with Crippen molar-refractivity contribution < 1.29 is 22.7 Å². The summed E-state index contributed by atoms with van der Waals surface area (Å²) in [5, 5.41) is 2.84. The number of nitrogens with two attached hydrogens (primary N) is 1. The van der Waals surface area contributed by atoms with E-state index < -0.39 is 24.5 Å². The number of nitrogens with zero attached hydrogens (tertiary/aromatic N) is 3. The van der Waals surface area contributed by atoms with Gasteiger partial charge in [-0.1, -0.05) is 18.2 Å². The molecule has 2 heterocycles. The van der Waals surface area contributed by atoms with E-state index in [-0.39, 0.29) is 6.54 Å². The van der Waals surface area contributed by atoms with E-state index in [0.717, 1.165) is 28.0 Å². The van der Waals surface area contributed by atoms with Crippen molar-refractivity contribution in [3.05, 3.63) is 65.7 Å². The zero-order valence-electron chi connectivity index (χ0n) is 21.7.